The van der Waals surface area contributed by atoms with Gasteiger partial charge in [0.1, 0.15) is 0 Å². The van der Waals surface area contributed by atoms with Crippen molar-refractivity contribution in [3.05, 3.63) is 148 Å². The molecule has 4 bridgehead atoms. The van der Waals surface area contributed by atoms with E-state index in [1.165, 1.54) is 143 Å². The number of fused-ring (bicyclic) bond motifs is 6. The third-order valence-corrected chi connectivity index (χ3v) is 19.6. The van der Waals surface area contributed by atoms with Gasteiger partial charge in [0.2, 0.25) is 0 Å². The molecule has 4 heteroatoms. The average Bonchev–Trinajstić information content (AvgIpc) is 3.68. The minimum absolute atomic E-state index is 0.0174. The van der Waals surface area contributed by atoms with E-state index in [1.807, 2.05) is 11.3 Å². The minimum atomic E-state index is -0.0348. The first kappa shape index (κ1) is 48.9. The Hall–Kier alpha value is -5.06. The van der Waals surface area contributed by atoms with E-state index in [1.54, 1.807) is 5.56 Å². The van der Waals surface area contributed by atoms with Crippen LogP contribution in [-0.4, -0.2) is 6.71 Å². The molecule has 0 unspecified atom stereocenters. The van der Waals surface area contributed by atoms with Gasteiger partial charge < -0.3 is 9.80 Å². The largest absolute Gasteiger partial charge is 0.311 e. The van der Waals surface area contributed by atoms with E-state index in [0.29, 0.717) is 5.41 Å². The van der Waals surface area contributed by atoms with E-state index < -0.39 is 0 Å². The fourth-order valence-electron chi connectivity index (χ4n) is 14.6. The summed E-state index contributed by atoms with van der Waals surface area (Å²) in [6.45, 7) is 37.9. The van der Waals surface area contributed by atoms with E-state index in [4.69, 9.17) is 0 Å². The Morgan fingerprint density at radius 3 is 1.52 bits per heavy atom. The molecule has 376 valence electrons. The van der Waals surface area contributed by atoms with Gasteiger partial charge >= 0.3 is 0 Å². The monoisotopic (exact) mass is 981 g/mol. The molecule has 2 nitrogen and oxygen atoms in total. The molecule has 6 aromatic carbocycles. The maximum Gasteiger partial charge on any atom is 0.264 e. The fraction of sp³-hybridized carbons (Fsp3) is 0.449. The normalized spacial score (nSPS) is 21.5. The van der Waals surface area contributed by atoms with Crippen LogP contribution < -0.4 is 25.5 Å². The molecule has 4 saturated carbocycles. The molecule has 0 saturated heterocycles. The van der Waals surface area contributed by atoms with Gasteiger partial charge in [0.05, 0.1) is 11.4 Å². The second-order valence-corrected chi connectivity index (χ2v) is 30.2. The number of hydrogen-bond acceptors (Lipinski definition) is 3. The summed E-state index contributed by atoms with van der Waals surface area (Å²) in [4.78, 5) is 5.41. The van der Waals surface area contributed by atoms with Crippen molar-refractivity contribution in [2.75, 3.05) is 9.80 Å². The lowest BCUT2D eigenvalue weighted by atomic mass is 9.36. The zero-order chi connectivity index (χ0) is 51.7. The van der Waals surface area contributed by atoms with E-state index >= 15 is 0 Å². The molecule has 73 heavy (non-hydrogen) atoms. The standard InChI is InChI=1S/C69H81BN2S/c1-41-27-58-61-59(28-41)72(56-24-19-47(64(2,3)4)35-53(56)45-32-50(67(11,12)13)34-51(33-45)68(14,15)16)57-25-20-49(66(8,9)10)37-55(57)70(61)63-62(54-36-48(65(5,6)7)21-26-60(54)73-63)71(58)52-22-17-46(18-23-52)69-38-42-29-43(39-69)31-44(30-42)40-69/h17-28,32-37,42-44H,29-31,38-40H2,1-16H3. The summed E-state index contributed by atoms with van der Waals surface area (Å²) in [6.07, 6.45) is 8.55. The number of hydrogen-bond donors (Lipinski definition) is 0. The summed E-state index contributed by atoms with van der Waals surface area (Å²) >= 11 is 2.03. The Bertz CT molecular complexity index is 3300. The molecule has 3 heterocycles. The third kappa shape index (κ3) is 8.08. The minimum Gasteiger partial charge on any atom is -0.311 e. The average molecular weight is 981 g/mol. The lowest BCUT2D eigenvalue weighted by Crippen LogP contribution is -2.60. The van der Waals surface area contributed by atoms with Gasteiger partial charge in [0, 0.05) is 43.2 Å². The molecule has 1 aromatic heterocycles. The van der Waals surface area contributed by atoms with Crippen molar-refractivity contribution in [1.82, 2.24) is 0 Å². The molecule has 0 spiro atoms. The Morgan fingerprint density at radius 1 is 0.479 bits per heavy atom. The molecule has 7 aromatic rings. The Balaban J connectivity index is 1.14. The molecule has 4 aliphatic carbocycles. The van der Waals surface area contributed by atoms with Crippen LogP contribution in [0.2, 0.25) is 0 Å². The third-order valence-electron chi connectivity index (χ3n) is 18.4. The Kier molecular flexibility index (Phi) is 10.9. The topological polar surface area (TPSA) is 6.48 Å². The molecule has 13 rings (SSSR count). The predicted molar refractivity (Wildman–Crippen MR) is 319 cm³/mol. The van der Waals surface area contributed by atoms with Crippen LogP contribution in [0, 0.1) is 24.7 Å². The van der Waals surface area contributed by atoms with E-state index in [-0.39, 0.29) is 33.8 Å². The maximum absolute atomic E-state index is 2.72. The zero-order valence-electron chi connectivity index (χ0n) is 47.2. The SMILES string of the molecule is Cc1cc2c3c(c1)N(c1ccc(C45CC6CC(CC(C6)C4)C5)cc1)c1c(sc4ccc(C(C)(C)C)cc14)B3c1cc(C(C)(C)C)ccc1N2c1ccc(C(C)(C)C)cc1-c1cc(C(C)(C)C)cc(C(C)(C)C)c1. The quantitative estimate of drug-likeness (QED) is 0.162. The van der Waals surface area contributed by atoms with Gasteiger partial charge in [-0.3, -0.25) is 0 Å². The van der Waals surface area contributed by atoms with E-state index in [9.17, 15) is 0 Å². The van der Waals surface area contributed by atoms with Crippen molar-refractivity contribution in [3.8, 4) is 11.1 Å². The second-order valence-electron chi connectivity index (χ2n) is 29.1. The smallest absolute Gasteiger partial charge is 0.264 e. The lowest BCUT2D eigenvalue weighted by Gasteiger charge is -2.57. The summed E-state index contributed by atoms with van der Waals surface area (Å²) in [6, 6.07) is 45.0. The summed E-state index contributed by atoms with van der Waals surface area (Å²) in [5, 5.41) is 1.37. The summed E-state index contributed by atoms with van der Waals surface area (Å²) in [7, 11) is 0. The van der Waals surface area contributed by atoms with Crippen molar-refractivity contribution in [2.45, 2.75) is 182 Å². The van der Waals surface area contributed by atoms with Crippen molar-refractivity contribution in [3.63, 3.8) is 0 Å². The van der Waals surface area contributed by atoms with Gasteiger partial charge in [-0.1, -0.05) is 158 Å². The molecule has 4 fully saturated rings. The molecular formula is C69H81BN2S. The number of rotatable bonds is 4. The number of thiophene rings is 1. The highest BCUT2D eigenvalue weighted by Crippen LogP contribution is 2.61. The first-order valence-corrected chi connectivity index (χ1v) is 28.8. The Morgan fingerprint density at radius 2 is 0.973 bits per heavy atom. The van der Waals surface area contributed by atoms with Crippen molar-refractivity contribution in [2.24, 2.45) is 17.8 Å². The van der Waals surface area contributed by atoms with Gasteiger partial charge in [-0.25, -0.2) is 0 Å². The van der Waals surface area contributed by atoms with Crippen LogP contribution in [0.5, 0.6) is 0 Å². The number of nitrogens with zero attached hydrogens (tertiary/aromatic N) is 2. The van der Waals surface area contributed by atoms with Crippen molar-refractivity contribution < 1.29 is 0 Å². The first-order chi connectivity index (χ1) is 34.1. The van der Waals surface area contributed by atoms with Crippen LogP contribution >= 0.6 is 11.3 Å². The summed E-state index contributed by atoms with van der Waals surface area (Å²) in [5.74, 6) is 2.75. The van der Waals surface area contributed by atoms with Crippen molar-refractivity contribution in [1.29, 1.82) is 0 Å². The van der Waals surface area contributed by atoms with Crippen LogP contribution in [0.3, 0.4) is 0 Å². The van der Waals surface area contributed by atoms with Crippen LogP contribution in [0.1, 0.15) is 181 Å². The molecule has 6 aliphatic rings. The maximum atomic E-state index is 2.72. The summed E-state index contributed by atoms with van der Waals surface area (Å²) in [5.41, 5.74) is 23.1. The summed E-state index contributed by atoms with van der Waals surface area (Å²) < 4.78 is 2.82. The Labute approximate surface area is 444 Å². The lowest BCUT2D eigenvalue weighted by molar-refractivity contribution is -0.00518. The van der Waals surface area contributed by atoms with E-state index in [0.717, 1.165) is 17.8 Å². The van der Waals surface area contributed by atoms with Gasteiger partial charge in [0.25, 0.3) is 6.71 Å². The molecule has 0 N–H and O–H groups in total. The van der Waals surface area contributed by atoms with Gasteiger partial charge in [-0.15, -0.1) is 11.3 Å². The second kappa shape index (κ2) is 16.2. The zero-order valence-corrected chi connectivity index (χ0v) is 48.1. The fourth-order valence-corrected chi connectivity index (χ4v) is 15.9. The molecular weight excluding hydrogens is 900 g/mol. The van der Waals surface area contributed by atoms with Crippen LogP contribution in [0.15, 0.2) is 109 Å². The number of anilines is 6. The van der Waals surface area contributed by atoms with Crippen LogP contribution in [-0.2, 0) is 32.5 Å². The van der Waals surface area contributed by atoms with Gasteiger partial charge in [0.15, 0.2) is 0 Å². The van der Waals surface area contributed by atoms with Gasteiger partial charge in [-0.05, 0) is 206 Å². The highest BCUT2D eigenvalue weighted by molar-refractivity contribution is 7.33. The highest BCUT2D eigenvalue weighted by atomic mass is 32.1. The van der Waals surface area contributed by atoms with Crippen molar-refractivity contribution >= 4 is 78.0 Å². The van der Waals surface area contributed by atoms with E-state index in [2.05, 4.69) is 230 Å². The molecule has 2 aliphatic heterocycles. The first-order valence-electron chi connectivity index (χ1n) is 28.0. The van der Waals surface area contributed by atoms with Crippen LogP contribution in [0.25, 0.3) is 21.2 Å². The van der Waals surface area contributed by atoms with Gasteiger partial charge in [-0.2, -0.15) is 0 Å². The molecule has 0 radical (unpaired) electrons. The molecule has 0 atom stereocenters. The number of benzene rings is 6. The number of aryl methyl sites for hydroxylation is 1. The van der Waals surface area contributed by atoms with Crippen LogP contribution in [0.4, 0.5) is 34.1 Å². The molecule has 0 amide bonds. The predicted octanol–water partition coefficient (Wildman–Crippen LogP) is 17.9. The highest BCUT2D eigenvalue weighted by Gasteiger charge is 2.52.